The van der Waals surface area contributed by atoms with Crippen molar-refractivity contribution in [2.24, 2.45) is 0 Å². The van der Waals surface area contributed by atoms with Crippen molar-refractivity contribution in [3.8, 4) is 17.6 Å². The van der Waals surface area contributed by atoms with Crippen molar-refractivity contribution in [2.75, 3.05) is 12.4 Å². The van der Waals surface area contributed by atoms with Crippen LogP contribution in [0.3, 0.4) is 0 Å². The van der Waals surface area contributed by atoms with Gasteiger partial charge in [0, 0.05) is 18.2 Å². The second-order valence-corrected chi connectivity index (χ2v) is 4.01. The van der Waals surface area contributed by atoms with E-state index in [0.29, 0.717) is 17.9 Å². The highest BCUT2D eigenvalue weighted by Gasteiger charge is 2.05. The lowest BCUT2D eigenvalue weighted by molar-refractivity contribution is 0.406. The molecule has 0 aliphatic rings. The Hall–Kier alpha value is -2.67. The lowest BCUT2D eigenvalue weighted by atomic mass is 10.1. The highest BCUT2D eigenvalue weighted by molar-refractivity contribution is 5.57. The van der Waals surface area contributed by atoms with Crippen LogP contribution < -0.4 is 10.1 Å². The minimum absolute atomic E-state index is 0.168. The second-order valence-electron chi connectivity index (χ2n) is 4.01. The summed E-state index contributed by atoms with van der Waals surface area (Å²) in [6.07, 6.45) is 0. The number of aromatic hydroxyl groups is 1. The van der Waals surface area contributed by atoms with E-state index in [0.717, 1.165) is 11.3 Å². The zero-order chi connectivity index (χ0) is 13.7. The third-order valence-electron chi connectivity index (χ3n) is 2.81. The van der Waals surface area contributed by atoms with Gasteiger partial charge in [-0.2, -0.15) is 5.26 Å². The van der Waals surface area contributed by atoms with Gasteiger partial charge in [-0.15, -0.1) is 0 Å². The Morgan fingerprint density at radius 2 is 2.05 bits per heavy atom. The number of nitrogens with zero attached hydrogens (tertiary/aromatic N) is 1. The van der Waals surface area contributed by atoms with Crippen LogP contribution in [0.4, 0.5) is 5.69 Å². The number of nitrogens with one attached hydrogen (secondary N) is 1. The number of hydrogen-bond donors (Lipinski definition) is 2. The first-order chi connectivity index (χ1) is 9.24. The Morgan fingerprint density at radius 1 is 1.26 bits per heavy atom. The van der Waals surface area contributed by atoms with E-state index >= 15 is 0 Å². The van der Waals surface area contributed by atoms with Crippen molar-refractivity contribution >= 4 is 5.69 Å². The molecule has 0 fully saturated rings. The molecule has 0 heterocycles. The van der Waals surface area contributed by atoms with Gasteiger partial charge in [-0.05, 0) is 24.3 Å². The quantitative estimate of drug-likeness (QED) is 0.880. The second kappa shape index (κ2) is 5.78. The standard InChI is InChI=1S/C15H14N2O2/c1-19-13-7-6-12(15(18)8-13)10-17-14-5-3-2-4-11(14)9-16/h2-8,17-18H,10H2,1H3. The summed E-state index contributed by atoms with van der Waals surface area (Å²) in [7, 11) is 1.55. The van der Waals surface area contributed by atoms with Crippen LogP contribution in [0.2, 0.25) is 0 Å². The van der Waals surface area contributed by atoms with E-state index in [4.69, 9.17) is 10.00 Å². The number of anilines is 1. The lowest BCUT2D eigenvalue weighted by Gasteiger charge is -2.10. The van der Waals surface area contributed by atoms with Gasteiger partial charge >= 0.3 is 0 Å². The number of nitriles is 1. The summed E-state index contributed by atoms with van der Waals surface area (Å²) in [6, 6.07) is 14.5. The molecule has 0 bridgehead atoms. The Kier molecular flexibility index (Phi) is 3.89. The predicted molar refractivity (Wildman–Crippen MR) is 73.1 cm³/mol. The molecule has 2 aromatic rings. The number of hydrogen-bond acceptors (Lipinski definition) is 4. The van der Waals surface area contributed by atoms with Crippen molar-refractivity contribution in [3.05, 3.63) is 53.6 Å². The average Bonchev–Trinajstić information content (AvgIpc) is 2.46. The molecule has 19 heavy (non-hydrogen) atoms. The van der Waals surface area contributed by atoms with Crippen molar-refractivity contribution in [2.45, 2.75) is 6.54 Å². The molecule has 0 radical (unpaired) electrons. The molecule has 0 unspecified atom stereocenters. The number of ether oxygens (including phenoxy) is 1. The first-order valence-electron chi connectivity index (χ1n) is 5.83. The molecule has 0 amide bonds. The summed E-state index contributed by atoms with van der Waals surface area (Å²) in [5.74, 6) is 0.778. The van der Waals surface area contributed by atoms with Gasteiger partial charge in [0.15, 0.2) is 0 Å². The van der Waals surface area contributed by atoms with Gasteiger partial charge in [-0.3, -0.25) is 0 Å². The summed E-state index contributed by atoms with van der Waals surface area (Å²) in [5, 5.41) is 22.0. The molecule has 0 aromatic heterocycles. The van der Waals surface area contributed by atoms with Crippen LogP contribution in [0.25, 0.3) is 0 Å². The first kappa shape index (κ1) is 12.8. The van der Waals surface area contributed by atoms with Crippen LogP contribution in [0.5, 0.6) is 11.5 Å². The smallest absolute Gasteiger partial charge is 0.124 e. The molecule has 96 valence electrons. The van der Waals surface area contributed by atoms with Gasteiger partial charge in [-0.1, -0.05) is 12.1 Å². The highest BCUT2D eigenvalue weighted by Crippen LogP contribution is 2.24. The van der Waals surface area contributed by atoms with E-state index in [1.807, 2.05) is 18.2 Å². The van der Waals surface area contributed by atoms with Crippen molar-refractivity contribution in [1.29, 1.82) is 5.26 Å². The summed E-state index contributed by atoms with van der Waals surface area (Å²) in [4.78, 5) is 0. The van der Waals surface area contributed by atoms with Crippen LogP contribution in [0.1, 0.15) is 11.1 Å². The molecular weight excluding hydrogens is 240 g/mol. The number of benzene rings is 2. The molecule has 0 aliphatic carbocycles. The SMILES string of the molecule is COc1ccc(CNc2ccccc2C#N)c(O)c1. The normalized spacial score (nSPS) is 9.68. The molecule has 0 aliphatic heterocycles. The molecule has 0 atom stereocenters. The van der Waals surface area contributed by atoms with Crippen LogP contribution in [-0.2, 0) is 6.54 Å². The van der Waals surface area contributed by atoms with Crippen LogP contribution >= 0.6 is 0 Å². The number of para-hydroxylation sites is 1. The van der Waals surface area contributed by atoms with Gasteiger partial charge in [0.2, 0.25) is 0 Å². The van der Waals surface area contributed by atoms with Crippen LogP contribution in [0.15, 0.2) is 42.5 Å². The van der Waals surface area contributed by atoms with Crippen LogP contribution in [0, 0.1) is 11.3 Å². The van der Waals surface area contributed by atoms with Gasteiger partial charge in [0.05, 0.1) is 18.4 Å². The Balaban J connectivity index is 2.13. The molecule has 4 heteroatoms. The maximum absolute atomic E-state index is 9.84. The molecule has 2 aromatic carbocycles. The topological polar surface area (TPSA) is 65.3 Å². The number of methoxy groups -OCH3 is 1. The zero-order valence-electron chi connectivity index (χ0n) is 10.6. The summed E-state index contributed by atoms with van der Waals surface area (Å²) in [5.41, 5.74) is 2.07. The van der Waals surface area contributed by atoms with Gasteiger partial charge in [0.1, 0.15) is 17.6 Å². The van der Waals surface area contributed by atoms with E-state index in [1.54, 1.807) is 31.4 Å². The molecular formula is C15H14N2O2. The first-order valence-corrected chi connectivity index (χ1v) is 5.83. The monoisotopic (exact) mass is 254 g/mol. The van der Waals surface area contributed by atoms with Crippen molar-refractivity contribution < 1.29 is 9.84 Å². The molecule has 0 saturated carbocycles. The van der Waals surface area contributed by atoms with Gasteiger partial charge in [0.25, 0.3) is 0 Å². The van der Waals surface area contributed by atoms with E-state index in [9.17, 15) is 5.11 Å². The van der Waals surface area contributed by atoms with E-state index in [1.165, 1.54) is 0 Å². The maximum Gasteiger partial charge on any atom is 0.124 e. The Morgan fingerprint density at radius 3 is 2.74 bits per heavy atom. The largest absolute Gasteiger partial charge is 0.507 e. The maximum atomic E-state index is 9.84. The summed E-state index contributed by atoms with van der Waals surface area (Å²) >= 11 is 0. The number of phenolic OH excluding ortho intramolecular Hbond substituents is 1. The van der Waals surface area contributed by atoms with Crippen molar-refractivity contribution in [3.63, 3.8) is 0 Å². The van der Waals surface area contributed by atoms with Gasteiger partial charge < -0.3 is 15.2 Å². The minimum Gasteiger partial charge on any atom is -0.507 e. The third-order valence-corrected chi connectivity index (χ3v) is 2.81. The Bertz CT molecular complexity index is 618. The fourth-order valence-corrected chi connectivity index (χ4v) is 1.75. The average molecular weight is 254 g/mol. The lowest BCUT2D eigenvalue weighted by Crippen LogP contribution is -2.01. The van der Waals surface area contributed by atoms with Crippen molar-refractivity contribution in [1.82, 2.24) is 0 Å². The molecule has 2 N–H and O–H groups in total. The molecule has 2 rings (SSSR count). The minimum atomic E-state index is 0.168. The molecule has 4 nitrogen and oxygen atoms in total. The van der Waals surface area contributed by atoms with E-state index in [2.05, 4.69) is 11.4 Å². The fraction of sp³-hybridized carbons (Fsp3) is 0.133. The summed E-state index contributed by atoms with van der Waals surface area (Å²) in [6.45, 7) is 0.439. The van der Waals surface area contributed by atoms with Gasteiger partial charge in [-0.25, -0.2) is 0 Å². The van der Waals surface area contributed by atoms with E-state index < -0.39 is 0 Å². The number of phenols is 1. The zero-order valence-corrected chi connectivity index (χ0v) is 10.6. The number of rotatable bonds is 4. The molecule has 0 spiro atoms. The third kappa shape index (κ3) is 2.96. The Labute approximate surface area is 111 Å². The summed E-state index contributed by atoms with van der Waals surface area (Å²) < 4.78 is 5.03. The van der Waals surface area contributed by atoms with E-state index in [-0.39, 0.29) is 5.75 Å². The highest BCUT2D eigenvalue weighted by atomic mass is 16.5. The predicted octanol–water partition coefficient (Wildman–Crippen LogP) is 2.88. The fourth-order valence-electron chi connectivity index (χ4n) is 1.75. The van der Waals surface area contributed by atoms with Crippen LogP contribution in [-0.4, -0.2) is 12.2 Å². The molecule has 0 saturated heterocycles.